The van der Waals surface area contributed by atoms with Gasteiger partial charge in [0, 0.05) is 25.2 Å². The van der Waals surface area contributed by atoms with Crippen molar-refractivity contribution < 1.29 is 27.6 Å². The van der Waals surface area contributed by atoms with E-state index >= 15 is 0 Å². The van der Waals surface area contributed by atoms with Gasteiger partial charge in [-0.3, -0.25) is 14.9 Å². The third-order valence-electron chi connectivity index (χ3n) is 5.30. The number of hydrogen-bond donors (Lipinski definition) is 0. The third kappa shape index (κ3) is 5.43. The van der Waals surface area contributed by atoms with Crippen LogP contribution in [0.15, 0.2) is 47.4 Å². The fourth-order valence-electron chi connectivity index (χ4n) is 3.47. The van der Waals surface area contributed by atoms with Crippen LogP contribution in [0.1, 0.15) is 31.7 Å². The van der Waals surface area contributed by atoms with Crippen LogP contribution >= 0.6 is 0 Å². The van der Waals surface area contributed by atoms with Crippen molar-refractivity contribution in [3.05, 3.63) is 58.1 Å². The van der Waals surface area contributed by atoms with Gasteiger partial charge in [-0.1, -0.05) is 13.0 Å². The zero-order valence-corrected chi connectivity index (χ0v) is 18.8. The Balaban J connectivity index is 1.61. The van der Waals surface area contributed by atoms with Gasteiger partial charge in [-0.2, -0.15) is 4.31 Å². The lowest BCUT2D eigenvalue weighted by atomic mass is 9.98. The quantitative estimate of drug-likeness (QED) is 0.254. The van der Waals surface area contributed by atoms with E-state index in [2.05, 4.69) is 0 Å². The van der Waals surface area contributed by atoms with E-state index in [0.29, 0.717) is 36.5 Å². The number of carbonyl (C=O) groups excluding carboxylic acids is 1. The number of nitro groups is 1. The summed E-state index contributed by atoms with van der Waals surface area (Å²) >= 11 is 0. The predicted octanol–water partition coefficient (Wildman–Crippen LogP) is 3.70. The van der Waals surface area contributed by atoms with Gasteiger partial charge in [0.1, 0.15) is 11.5 Å². The average molecular weight is 463 g/mol. The third-order valence-corrected chi connectivity index (χ3v) is 7.34. The molecule has 0 amide bonds. The van der Waals surface area contributed by atoms with Crippen molar-refractivity contribution in [1.29, 1.82) is 0 Å². The highest BCUT2D eigenvalue weighted by atomic mass is 32.2. The van der Waals surface area contributed by atoms with Gasteiger partial charge in [0.2, 0.25) is 10.0 Å². The van der Waals surface area contributed by atoms with Crippen molar-refractivity contribution in [3.8, 4) is 11.5 Å². The Bertz CT molecular complexity index is 1080. The average Bonchev–Trinajstić information content (AvgIpc) is 2.78. The molecule has 0 spiro atoms. The molecule has 1 aliphatic rings. The minimum absolute atomic E-state index is 0.0851. The topological polar surface area (TPSA) is 116 Å². The van der Waals surface area contributed by atoms with Crippen LogP contribution in [0.3, 0.4) is 0 Å². The van der Waals surface area contributed by atoms with Crippen molar-refractivity contribution in [1.82, 2.24) is 4.31 Å². The van der Waals surface area contributed by atoms with Crippen molar-refractivity contribution in [2.45, 2.75) is 38.0 Å². The van der Waals surface area contributed by atoms with E-state index in [1.807, 2.05) is 6.92 Å². The molecule has 1 heterocycles. The molecule has 3 rings (SSSR count). The van der Waals surface area contributed by atoms with E-state index in [0.717, 1.165) is 12.5 Å². The molecule has 1 saturated heterocycles. The van der Waals surface area contributed by atoms with Crippen molar-refractivity contribution >= 4 is 21.7 Å². The minimum Gasteiger partial charge on any atom is -0.494 e. The number of piperidine rings is 1. The number of non-ortho nitro benzene ring substituents is 1. The van der Waals surface area contributed by atoms with Crippen LogP contribution in [0.25, 0.3) is 0 Å². The molecule has 0 N–H and O–H groups in total. The summed E-state index contributed by atoms with van der Waals surface area (Å²) in [4.78, 5) is 22.9. The highest BCUT2D eigenvalue weighted by molar-refractivity contribution is 7.89. The van der Waals surface area contributed by atoms with E-state index in [1.54, 1.807) is 31.2 Å². The number of esters is 1. The summed E-state index contributed by atoms with van der Waals surface area (Å²) in [5.41, 5.74) is 0.155. The molecule has 0 saturated carbocycles. The second-order valence-electron chi connectivity index (χ2n) is 7.63. The fraction of sp³-hybridized carbons (Fsp3) is 0.409. The molecule has 32 heavy (non-hydrogen) atoms. The number of ether oxygens (including phenoxy) is 2. The molecule has 172 valence electrons. The normalized spacial score (nSPS) is 15.3. The molecule has 10 heteroatoms. The molecule has 9 nitrogen and oxygen atoms in total. The Kier molecular flexibility index (Phi) is 7.47. The molecule has 2 aromatic rings. The smallest absolute Gasteiger partial charge is 0.314 e. The van der Waals surface area contributed by atoms with Gasteiger partial charge in [-0.25, -0.2) is 8.42 Å². The molecule has 0 bridgehead atoms. The van der Waals surface area contributed by atoms with Gasteiger partial charge in [0.05, 0.1) is 22.3 Å². The first-order valence-electron chi connectivity index (χ1n) is 10.4. The summed E-state index contributed by atoms with van der Waals surface area (Å²) < 4.78 is 38.3. The molecule has 2 aromatic carbocycles. The SMILES string of the molecule is CCCOc1ccc(OC(=O)C2CCN(S(=O)(=O)c3cc([N+](=O)[O-])ccc3C)CC2)cc1. The van der Waals surface area contributed by atoms with Crippen LogP contribution in [0.5, 0.6) is 11.5 Å². The van der Waals surface area contributed by atoms with Crippen LogP contribution < -0.4 is 9.47 Å². The molecule has 1 fully saturated rings. The molecule has 0 aliphatic carbocycles. The largest absolute Gasteiger partial charge is 0.494 e. The number of aryl methyl sites for hydroxylation is 1. The highest BCUT2D eigenvalue weighted by Crippen LogP contribution is 2.29. The minimum atomic E-state index is -3.91. The Hall–Kier alpha value is -2.98. The molecule has 0 atom stereocenters. The van der Waals surface area contributed by atoms with Crippen molar-refractivity contribution in [2.24, 2.45) is 5.92 Å². The van der Waals surface area contributed by atoms with Gasteiger partial charge < -0.3 is 9.47 Å². The summed E-state index contributed by atoms with van der Waals surface area (Å²) in [5.74, 6) is 0.266. The number of sulfonamides is 1. The van der Waals surface area contributed by atoms with Gasteiger partial charge >= 0.3 is 5.97 Å². The van der Waals surface area contributed by atoms with Crippen molar-refractivity contribution in [2.75, 3.05) is 19.7 Å². The Labute approximate surface area is 187 Å². The number of hydrogen-bond acceptors (Lipinski definition) is 7. The summed E-state index contributed by atoms with van der Waals surface area (Å²) in [6.45, 7) is 4.48. The van der Waals surface area contributed by atoms with Gasteiger partial charge in [0.15, 0.2) is 0 Å². The van der Waals surface area contributed by atoms with Crippen molar-refractivity contribution in [3.63, 3.8) is 0 Å². The molecule has 0 radical (unpaired) electrons. The van der Waals surface area contributed by atoms with Crippen LogP contribution in [0, 0.1) is 23.0 Å². The molecular weight excluding hydrogens is 436 g/mol. The van der Waals surface area contributed by atoms with Gasteiger partial charge in [-0.05, 0) is 56.0 Å². The maximum Gasteiger partial charge on any atom is 0.314 e. The van der Waals surface area contributed by atoms with Crippen LogP contribution in [0.2, 0.25) is 0 Å². The molecule has 1 aliphatic heterocycles. The zero-order chi connectivity index (χ0) is 23.3. The lowest BCUT2D eigenvalue weighted by Gasteiger charge is -2.30. The summed E-state index contributed by atoms with van der Waals surface area (Å²) in [6, 6.07) is 10.6. The van der Waals surface area contributed by atoms with E-state index in [-0.39, 0.29) is 23.7 Å². The maximum atomic E-state index is 13.0. The van der Waals surface area contributed by atoms with E-state index in [1.165, 1.54) is 16.4 Å². The molecular formula is C22H26N2O7S. The standard InChI is InChI=1S/C22H26N2O7S/c1-3-14-30-19-6-8-20(9-7-19)31-22(25)17-10-12-23(13-11-17)32(28,29)21-15-18(24(26)27)5-4-16(21)2/h4-9,15,17H,3,10-14H2,1-2H3. The lowest BCUT2D eigenvalue weighted by Crippen LogP contribution is -2.41. The zero-order valence-electron chi connectivity index (χ0n) is 18.0. The van der Waals surface area contributed by atoms with E-state index in [4.69, 9.17) is 9.47 Å². The number of nitrogens with zero attached hydrogens (tertiary/aromatic N) is 2. The first kappa shape index (κ1) is 23.7. The molecule has 0 aromatic heterocycles. The predicted molar refractivity (Wildman–Crippen MR) is 117 cm³/mol. The molecule has 0 unspecified atom stereocenters. The van der Waals surface area contributed by atoms with Gasteiger partial charge in [0.25, 0.3) is 5.69 Å². The lowest BCUT2D eigenvalue weighted by molar-refractivity contribution is -0.385. The second kappa shape index (κ2) is 10.1. The Morgan fingerprint density at radius 1 is 1.12 bits per heavy atom. The van der Waals surface area contributed by atoms with Gasteiger partial charge in [-0.15, -0.1) is 0 Å². The summed E-state index contributed by atoms with van der Waals surface area (Å²) in [7, 11) is -3.91. The number of rotatable bonds is 8. The van der Waals surface area contributed by atoms with E-state index < -0.39 is 26.8 Å². The summed E-state index contributed by atoms with van der Waals surface area (Å²) in [5, 5.41) is 11.0. The number of nitro benzene ring substituents is 1. The monoisotopic (exact) mass is 462 g/mol. The number of carbonyl (C=O) groups is 1. The first-order chi connectivity index (χ1) is 15.2. The highest BCUT2D eigenvalue weighted by Gasteiger charge is 2.34. The fourth-order valence-corrected chi connectivity index (χ4v) is 5.19. The second-order valence-corrected chi connectivity index (χ2v) is 9.53. The first-order valence-corrected chi connectivity index (χ1v) is 11.9. The van der Waals surface area contributed by atoms with Crippen LogP contribution in [0.4, 0.5) is 5.69 Å². The summed E-state index contributed by atoms with van der Waals surface area (Å²) in [6.07, 6.45) is 1.51. The van der Waals surface area contributed by atoms with E-state index in [9.17, 15) is 23.3 Å². The Morgan fingerprint density at radius 2 is 1.75 bits per heavy atom. The van der Waals surface area contributed by atoms with Crippen LogP contribution in [-0.4, -0.2) is 43.3 Å². The number of benzene rings is 2. The Morgan fingerprint density at radius 3 is 2.34 bits per heavy atom. The maximum absolute atomic E-state index is 13.0. The van der Waals surface area contributed by atoms with Crippen LogP contribution in [-0.2, 0) is 14.8 Å².